The van der Waals surface area contributed by atoms with Crippen LogP contribution in [0.2, 0.25) is 0 Å². The average molecular weight is 262 g/mol. The SMILES string of the molecule is COc1ccc2c(=O)c(CCCC(=O)O)coc2c1. The second-order valence-corrected chi connectivity index (χ2v) is 4.20. The molecular weight excluding hydrogens is 248 g/mol. The van der Waals surface area contributed by atoms with Crippen LogP contribution >= 0.6 is 0 Å². The van der Waals surface area contributed by atoms with Crippen molar-refractivity contribution in [3.05, 3.63) is 40.2 Å². The van der Waals surface area contributed by atoms with Crippen molar-refractivity contribution in [2.24, 2.45) is 0 Å². The number of benzene rings is 1. The molecule has 1 N–H and O–H groups in total. The van der Waals surface area contributed by atoms with Crippen molar-refractivity contribution in [3.8, 4) is 5.75 Å². The topological polar surface area (TPSA) is 76.7 Å². The van der Waals surface area contributed by atoms with Gasteiger partial charge in [0.1, 0.15) is 11.3 Å². The maximum Gasteiger partial charge on any atom is 0.303 e. The molecule has 1 heterocycles. The summed E-state index contributed by atoms with van der Waals surface area (Å²) in [6.07, 6.45) is 2.25. The summed E-state index contributed by atoms with van der Waals surface area (Å²) in [6.45, 7) is 0. The van der Waals surface area contributed by atoms with E-state index in [1.807, 2.05) is 0 Å². The summed E-state index contributed by atoms with van der Waals surface area (Å²) in [4.78, 5) is 22.6. The summed E-state index contributed by atoms with van der Waals surface area (Å²) in [5, 5.41) is 9.05. The molecule has 100 valence electrons. The number of rotatable bonds is 5. The highest BCUT2D eigenvalue weighted by molar-refractivity contribution is 5.78. The Labute approximate surface area is 109 Å². The summed E-state index contributed by atoms with van der Waals surface area (Å²) in [7, 11) is 1.54. The number of hydrogen-bond donors (Lipinski definition) is 1. The van der Waals surface area contributed by atoms with Crippen molar-refractivity contribution >= 4 is 16.9 Å². The number of aliphatic carboxylic acids is 1. The number of ether oxygens (including phenoxy) is 1. The zero-order valence-corrected chi connectivity index (χ0v) is 10.5. The van der Waals surface area contributed by atoms with Gasteiger partial charge in [-0.1, -0.05) is 0 Å². The summed E-state index contributed by atoms with van der Waals surface area (Å²) < 4.78 is 10.5. The molecule has 1 aromatic heterocycles. The predicted molar refractivity (Wildman–Crippen MR) is 69.6 cm³/mol. The van der Waals surface area contributed by atoms with E-state index in [9.17, 15) is 9.59 Å². The normalized spacial score (nSPS) is 10.6. The fourth-order valence-electron chi connectivity index (χ4n) is 1.88. The molecule has 0 saturated heterocycles. The van der Waals surface area contributed by atoms with Gasteiger partial charge < -0.3 is 14.3 Å². The van der Waals surface area contributed by atoms with Gasteiger partial charge in [0.25, 0.3) is 0 Å². The summed E-state index contributed by atoms with van der Waals surface area (Å²) in [6, 6.07) is 5.00. The summed E-state index contributed by atoms with van der Waals surface area (Å²) in [5.74, 6) is -0.246. The van der Waals surface area contributed by atoms with Crippen molar-refractivity contribution in [2.45, 2.75) is 19.3 Å². The molecule has 0 saturated carbocycles. The first kappa shape index (κ1) is 13.1. The van der Waals surface area contributed by atoms with E-state index >= 15 is 0 Å². The van der Waals surface area contributed by atoms with Crippen LogP contribution in [0.25, 0.3) is 11.0 Å². The van der Waals surface area contributed by atoms with E-state index in [1.165, 1.54) is 6.26 Å². The Morgan fingerprint density at radius 3 is 2.89 bits per heavy atom. The van der Waals surface area contributed by atoms with Gasteiger partial charge in [0, 0.05) is 18.1 Å². The Morgan fingerprint density at radius 1 is 1.42 bits per heavy atom. The standard InChI is InChI=1S/C14H14O5/c1-18-10-5-6-11-12(7-10)19-8-9(14(11)17)3-2-4-13(15)16/h5-8H,2-4H2,1H3,(H,15,16). The average Bonchev–Trinajstić information content (AvgIpc) is 2.40. The molecule has 0 spiro atoms. The highest BCUT2D eigenvalue weighted by Gasteiger charge is 2.08. The minimum Gasteiger partial charge on any atom is -0.497 e. The third kappa shape index (κ3) is 2.93. The number of carbonyl (C=O) groups is 1. The van der Waals surface area contributed by atoms with E-state index < -0.39 is 5.97 Å². The summed E-state index contributed by atoms with van der Waals surface area (Å²) in [5.41, 5.74) is 0.847. The lowest BCUT2D eigenvalue weighted by Crippen LogP contribution is -2.09. The smallest absolute Gasteiger partial charge is 0.303 e. The van der Waals surface area contributed by atoms with Gasteiger partial charge in [-0.2, -0.15) is 0 Å². The molecular formula is C14H14O5. The first-order chi connectivity index (χ1) is 9.11. The van der Waals surface area contributed by atoms with Crippen molar-refractivity contribution < 1.29 is 19.1 Å². The van der Waals surface area contributed by atoms with Crippen LogP contribution in [0.15, 0.2) is 33.7 Å². The van der Waals surface area contributed by atoms with E-state index in [1.54, 1.807) is 25.3 Å². The van der Waals surface area contributed by atoms with Crippen LogP contribution in [0.3, 0.4) is 0 Å². The predicted octanol–water partition coefficient (Wildman–Crippen LogP) is 2.21. The second-order valence-electron chi connectivity index (χ2n) is 4.20. The molecule has 0 fully saturated rings. The van der Waals surface area contributed by atoms with Crippen molar-refractivity contribution in [3.63, 3.8) is 0 Å². The number of carboxylic acids is 1. The third-order valence-electron chi connectivity index (χ3n) is 2.89. The number of methoxy groups -OCH3 is 1. The number of carboxylic acid groups (broad SMARTS) is 1. The molecule has 0 atom stereocenters. The molecule has 5 heteroatoms. The Hall–Kier alpha value is -2.30. The van der Waals surface area contributed by atoms with Crippen LogP contribution in [0.5, 0.6) is 5.75 Å². The van der Waals surface area contributed by atoms with Gasteiger partial charge in [-0.25, -0.2) is 0 Å². The van der Waals surface area contributed by atoms with Gasteiger partial charge in [-0.3, -0.25) is 9.59 Å². The van der Waals surface area contributed by atoms with Crippen LogP contribution in [0.4, 0.5) is 0 Å². The highest BCUT2D eigenvalue weighted by atomic mass is 16.5. The maximum absolute atomic E-state index is 12.2. The van der Waals surface area contributed by atoms with E-state index in [0.717, 1.165) is 0 Å². The molecule has 0 aliphatic carbocycles. The number of fused-ring (bicyclic) bond motifs is 1. The van der Waals surface area contributed by atoms with E-state index in [-0.39, 0.29) is 11.8 Å². The minimum absolute atomic E-state index is 0.0418. The van der Waals surface area contributed by atoms with Crippen molar-refractivity contribution in [1.82, 2.24) is 0 Å². The van der Waals surface area contributed by atoms with Crippen LogP contribution < -0.4 is 10.2 Å². The number of aryl methyl sites for hydroxylation is 1. The quantitative estimate of drug-likeness (QED) is 0.893. The van der Waals surface area contributed by atoms with Crippen LogP contribution in [0, 0.1) is 0 Å². The van der Waals surface area contributed by atoms with Gasteiger partial charge in [0.15, 0.2) is 5.43 Å². The third-order valence-corrected chi connectivity index (χ3v) is 2.89. The second kappa shape index (κ2) is 5.56. The summed E-state index contributed by atoms with van der Waals surface area (Å²) >= 11 is 0. The molecule has 1 aromatic carbocycles. The molecule has 0 aliphatic rings. The van der Waals surface area contributed by atoms with Crippen molar-refractivity contribution in [1.29, 1.82) is 0 Å². The van der Waals surface area contributed by atoms with Gasteiger partial charge in [-0.05, 0) is 25.0 Å². The molecule has 5 nitrogen and oxygen atoms in total. The minimum atomic E-state index is -0.866. The highest BCUT2D eigenvalue weighted by Crippen LogP contribution is 2.19. The Bertz CT molecular complexity index is 656. The maximum atomic E-state index is 12.2. The van der Waals surface area contributed by atoms with E-state index in [0.29, 0.717) is 35.1 Å². The molecule has 0 unspecified atom stereocenters. The first-order valence-corrected chi connectivity index (χ1v) is 5.92. The van der Waals surface area contributed by atoms with Gasteiger partial charge in [-0.15, -0.1) is 0 Å². The van der Waals surface area contributed by atoms with Crippen LogP contribution in [-0.4, -0.2) is 18.2 Å². The Kier molecular flexibility index (Phi) is 3.85. The van der Waals surface area contributed by atoms with Gasteiger partial charge >= 0.3 is 5.97 Å². The van der Waals surface area contributed by atoms with Crippen LogP contribution in [-0.2, 0) is 11.2 Å². The molecule has 2 aromatic rings. The van der Waals surface area contributed by atoms with Gasteiger partial charge in [0.05, 0.1) is 18.8 Å². The molecule has 2 rings (SSSR count). The molecule has 0 aliphatic heterocycles. The van der Waals surface area contributed by atoms with Gasteiger partial charge in [0.2, 0.25) is 0 Å². The zero-order chi connectivity index (χ0) is 13.8. The lowest BCUT2D eigenvalue weighted by atomic mass is 10.1. The van der Waals surface area contributed by atoms with E-state index in [4.69, 9.17) is 14.3 Å². The van der Waals surface area contributed by atoms with Crippen LogP contribution in [0.1, 0.15) is 18.4 Å². The number of hydrogen-bond acceptors (Lipinski definition) is 4. The molecule has 19 heavy (non-hydrogen) atoms. The Morgan fingerprint density at radius 2 is 2.21 bits per heavy atom. The fourth-order valence-corrected chi connectivity index (χ4v) is 1.88. The fraction of sp³-hybridized carbons (Fsp3) is 0.286. The Balaban J connectivity index is 2.30. The first-order valence-electron chi connectivity index (χ1n) is 5.92. The molecule has 0 bridgehead atoms. The zero-order valence-electron chi connectivity index (χ0n) is 10.5. The largest absolute Gasteiger partial charge is 0.497 e. The van der Waals surface area contributed by atoms with E-state index in [2.05, 4.69) is 0 Å². The monoisotopic (exact) mass is 262 g/mol. The van der Waals surface area contributed by atoms with Crippen molar-refractivity contribution in [2.75, 3.05) is 7.11 Å². The lowest BCUT2D eigenvalue weighted by Gasteiger charge is -2.03. The molecule has 0 amide bonds. The lowest BCUT2D eigenvalue weighted by molar-refractivity contribution is -0.137. The molecule has 0 radical (unpaired) electrons.